The number of rotatable bonds is 4. The van der Waals surface area contributed by atoms with Gasteiger partial charge in [-0.3, -0.25) is 0 Å². The van der Waals surface area contributed by atoms with E-state index >= 15 is 0 Å². The van der Waals surface area contributed by atoms with Crippen LogP contribution in [-0.2, 0) is 0 Å². The summed E-state index contributed by atoms with van der Waals surface area (Å²) in [6, 6.07) is 0. The molecule has 0 aliphatic heterocycles. The highest BCUT2D eigenvalue weighted by atomic mass is 14.5. The van der Waals surface area contributed by atoms with E-state index in [9.17, 15) is 0 Å². The molecule has 21 heavy (non-hydrogen) atoms. The van der Waals surface area contributed by atoms with Crippen molar-refractivity contribution in [2.24, 2.45) is 47.3 Å². The molecule has 2 saturated carbocycles. The quantitative estimate of drug-likeness (QED) is 0.535. The highest BCUT2D eigenvalue weighted by molar-refractivity contribution is 4.91. The highest BCUT2D eigenvalue weighted by Gasteiger charge is 2.42. The Hall–Kier alpha value is 0. The van der Waals surface area contributed by atoms with Crippen LogP contribution in [0.2, 0.25) is 0 Å². The van der Waals surface area contributed by atoms with Crippen LogP contribution in [0, 0.1) is 47.3 Å². The van der Waals surface area contributed by atoms with E-state index in [0.717, 1.165) is 47.3 Å². The molecule has 2 fully saturated rings. The van der Waals surface area contributed by atoms with Crippen LogP contribution in [0.5, 0.6) is 0 Å². The lowest BCUT2D eigenvalue weighted by atomic mass is 9.57. The van der Waals surface area contributed by atoms with Crippen molar-refractivity contribution >= 4 is 0 Å². The summed E-state index contributed by atoms with van der Waals surface area (Å²) in [5.41, 5.74) is 0. The number of hydrogen-bond acceptors (Lipinski definition) is 0. The molecule has 0 heterocycles. The third-order valence-corrected chi connectivity index (χ3v) is 7.02. The molecule has 0 saturated heterocycles. The van der Waals surface area contributed by atoms with Crippen molar-refractivity contribution in [2.75, 3.05) is 0 Å². The van der Waals surface area contributed by atoms with Gasteiger partial charge in [0.1, 0.15) is 0 Å². The van der Waals surface area contributed by atoms with Crippen LogP contribution in [0.25, 0.3) is 0 Å². The minimum absolute atomic E-state index is 0.885. The van der Waals surface area contributed by atoms with Crippen molar-refractivity contribution in [1.82, 2.24) is 0 Å². The smallest absolute Gasteiger partial charge is 0.0324 e. The number of hydrogen-bond donors (Lipinski definition) is 0. The Kier molecular flexibility index (Phi) is 6.21. The second-order valence-corrected chi connectivity index (χ2v) is 9.25. The second kappa shape index (κ2) is 7.51. The maximum atomic E-state index is 2.49. The van der Waals surface area contributed by atoms with Crippen LogP contribution in [0.4, 0.5) is 0 Å². The van der Waals surface area contributed by atoms with Gasteiger partial charge in [0.05, 0.1) is 0 Å². The first-order chi connectivity index (χ1) is 9.91. The summed E-state index contributed by atoms with van der Waals surface area (Å²) in [6.07, 6.45) is 10.6. The first-order valence-electron chi connectivity index (χ1n) is 9.91. The molecule has 0 aromatic heterocycles. The van der Waals surface area contributed by atoms with E-state index in [4.69, 9.17) is 0 Å². The maximum Gasteiger partial charge on any atom is -0.0324 e. The van der Waals surface area contributed by atoms with E-state index in [0.29, 0.717) is 0 Å². The first kappa shape index (κ1) is 17.4. The van der Waals surface area contributed by atoms with E-state index < -0.39 is 0 Å². The molecule has 4 atom stereocenters. The predicted octanol–water partition coefficient (Wildman–Crippen LogP) is 6.79. The zero-order chi connectivity index (χ0) is 15.6. The zero-order valence-electron chi connectivity index (χ0n) is 15.6. The lowest BCUT2D eigenvalue weighted by Gasteiger charge is -2.49. The van der Waals surface area contributed by atoms with Crippen molar-refractivity contribution < 1.29 is 0 Å². The Bertz CT molecular complexity index is 285. The molecule has 0 bridgehead atoms. The van der Waals surface area contributed by atoms with Crippen molar-refractivity contribution in [3.8, 4) is 0 Å². The van der Waals surface area contributed by atoms with Gasteiger partial charge in [-0.25, -0.2) is 0 Å². The highest BCUT2D eigenvalue weighted by Crippen LogP contribution is 2.50. The van der Waals surface area contributed by atoms with E-state index in [-0.39, 0.29) is 0 Å². The largest absolute Gasteiger partial charge is 0.0625 e. The molecule has 0 aromatic carbocycles. The molecule has 4 unspecified atom stereocenters. The van der Waals surface area contributed by atoms with E-state index in [1.54, 1.807) is 0 Å². The summed E-state index contributed by atoms with van der Waals surface area (Å²) in [5.74, 6) is 7.74. The molecule has 0 amide bonds. The van der Waals surface area contributed by atoms with Crippen LogP contribution in [0.3, 0.4) is 0 Å². The lowest BCUT2D eigenvalue weighted by Crippen LogP contribution is -2.41. The van der Waals surface area contributed by atoms with Crippen LogP contribution in [0.1, 0.15) is 86.5 Å². The summed E-state index contributed by atoms with van der Waals surface area (Å²) in [4.78, 5) is 0. The summed E-state index contributed by atoms with van der Waals surface area (Å²) < 4.78 is 0. The molecule has 0 N–H and O–H groups in total. The molecular formula is C21H40. The summed E-state index contributed by atoms with van der Waals surface area (Å²) >= 11 is 0. The van der Waals surface area contributed by atoms with Crippen LogP contribution in [0.15, 0.2) is 0 Å². The first-order valence-corrected chi connectivity index (χ1v) is 9.91. The van der Waals surface area contributed by atoms with Gasteiger partial charge in [-0.1, -0.05) is 67.2 Å². The molecule has 0 aromatic rings. The molecule has 0 nitrogen and oxygen atoms in total. The van der Waals surface area contributed by atoms with Gasteiger partial charge in [0.25, 0.3) is 0 Å². The Morgan fingerprint density at radius 2 is 1.14 bits per heavy atom. The molecular weight excluding hydrogens is 252 g/mol. The Morgan fingerprint density at radius 3 is 1.62 bits per heavy atom. The summed E-state index contributed by atoms with van der Waals surface area (Å²) in [5, 5.41) is 0. The molecule has 2 rings (SSSR count). The summed E-state index contributed by atoms with van der Waals surface area (Å²) in [7, 11) is 0. The second-order valence-electron chi connectivity index (χ2n) is 9.25. The minimum Gasteiger partial charge on any atom is -0.0625 e. The molecule has 0 radical (unpaired) electrons. The molecule has 0 heteroatoms. The maximum absolute atomic E-state index is 2.49. The van der Waals surface area contributed by atoms with Gasteiger partial charge in [-0.05, 0) is 66.6 Å². The van der Waals surface area contributed by atoms with Crippen molar-refractivity contribution in [3.63, 3.8) is 0 Å². The molecule has 0 spiro atoms. The third-order valence-electron chi connectivity index (χ3n) is 7.02. The topological polar surface area (TPSA) is 0 Å². The van der Waals surface area contributed by atoms with Gasteiger partial charge in [0, 0.05) is 0 Å². The minimum atomic E-state index is 0.885. The standard InChI is InChI=1S/C21H40/c1-14(2)17-9-7-10-18(13-17)21-19(15(3)4)11-8-12-20(21)16(5)6/h14-21H,7-13H2,1-6H3. The van der Waals surface area contributed by atoms with Crippen molar-refractivity contribution in [1.29, 1.82) is 0 Å². The fraction of sp³-hybridized carbons (Fsp3) is 1.00. The fourth-order valence-corrected chi connectivity index (χ4v) is 5.77. The van der Waals surface area contributed by atoms with Crippen LogP contribution < -0.4 is 0 Å². The molecule has 124 valence electrons. The summed E-state index contributed by atoms with van der Waals surface area (Å²) in [6.45, 7) is 14.9. The van der Waals surface area contributed by atoms with Gasteiger partial charge in [-0.2, -0.15) is 0 Å². The van der Waals surface area contributed by atoms with E-state index in [1.165, 1.54) is 44.9 Å². The van der Waals surface area contributed by atoms with Gasteiger partial charge < -0.3 is 0 Å². The van der Waals surface area contributed by atoms with Crippen LogP contribution >= 0.6 is 0 Å². The zero-order valence-corrected chi connectivity index (χ0v) is 15.6. The van der Waals surface area contributed by atoms with E-state index in [2.05, 4.69) is 41.5 Å². The van der Waals surface area contributed by atoms with Gasteiger partial charge in [0.15, 0.2) is 0 Å². The Balaban J connectivity index is 2.16. The SMILES string of the molecule is CC(C)C1CCCC(C2C(C(C)C)CCCC2C(C)C)C1. The van der Waals surface area contributed by atoms with Gasteiger partial charge in [0.2, 0.25) is 0 Å². The average molecular weight is 293 g/mol. The van der Waals surface area contributed by atoms with Gasteiger partial charge in [-0.15, -0.1) is 0 Å². The fourth-order valence-electron chi connectivity index (χ4n) is 5.77. The van der Waals surface area contributed by atoms with E-state index in [1.807, 2.05) is 0 Å². The van der Waals surface area contributed by atoms with Crippen molar-refractivity contribution in [2.45, 2.75) is 86.5 Å². The molecule has 2 aliphatic carbocycles. The monoisotopic (exact) mass is 292 g/mol. The normalized spacial score (nSPS) is 38.4. The Morgan fingerprint density at radius 1 is 0.619 bits per heavy atom. The Labute approximate surface area is 134 Å². The average Bonchev–Trinajstić information content (AvgIpc) is 2.46. The van der Waals surface area contributed by atoms with Gasteiger partial charge >= 0.3 is 0 Å². The molecule has 2 aliphatic rings. The predicted molar refractivity (Wildman–Crippen MR) is 94.3 cm³/mol. The third kappa shape index (κ3) is 4.05. The lowest BCUT2D eigenvalue weighted by molar-refractivity contribution is 0.00741. The van der Waals surface area contributed by atoms with Crippen molar-refractivity contribution in [3.05, 3.63) is 0 Å². The van der Waals surface area contributed by atoms with Crippen LogP contribution in [-0.4, -0.2) is 0 Å².